The standard InChI is InChI=1S/C12H19F3N2O4/c1-11(21-6-9(18)19)7-17(8-11)10(20)16-5-3-2-4-12(13,14)15/h2-8H2,1H3,(H,16,20)(H,18,19). The maximum absolute atomic E-state index is 11.9. The fourth-order valence-electron chi connectivity index (χ4n) is 1.99. The van der Waals surface area contributed by atoms with Crippen molar-refractivity contribution < 1.29 is 32.6 Å². The lowest BCUT2D eigenvalue weighted by atomic mass is 9.97. The number of rotatable bonds is 7. The molecule has 9 heteroatoms. The maximum Gasteiger partial charge on any atom is 0.389 e. The predicted molar refractivity (Wildman–Crippen MR) is 66.9 cm³/mol. The van der Waals surface area contributed by atoms with Gasteiger partial charge in [-0.15, -0.1) is 0 Å². The minimum atomic E-state index is -4.16. The van der Waals surface area contributed by atoms with Gasteiger partial charge in [0.25, 0.3) is 0 Å². The van der Waals surface area contributed by atoms with Gasteiger partial charge in [-0.05, 0) is 19.8 Å². The number of hydrogen-bond donors (Lipinski definition) is 2. The average Bonchev–Trinajstić information content (AvgIpc) is 2.30. The Balaban J connectivity index is 2.11. The number of ether oxygens (including phenoxy) is 1. The molecule has 2 amide bonds. The molecule has 0 spiro atoms. The highest BCUT2D eigenvalue weighted by Gasteiger charge is 2.42. The highest BCUT2D eigenvalue weighted by molar-refractivity contribution is 5.75. The Morgan fingerprint density at radius 1 is 1.33 bits per heavy atom. The van der Waals surface area contributed by atoms with Crippen molar-refractivity contribution in [3.05, 3.63) is 0 Å². The van der Waals surface area contributed by atoms with E-state index in [2.05, 4.69) is 5.32 Å². The smallest absolute Gasteiger partial charge is 0.389 e. The Kier molecular flexibility index (Phi) is 5.82. The van der Waals surface area contributed by atoms with Crippen molar-refractivity contribution in [2.45, 2.75) is 38.0 Å². The fourth-order valence-corrected chi connectivity index (χ4v) is 1.99. The molecule has 1 rings (SSSR count). The van der Waals surface area contributed by atoms with Crippen LogP contribution in [0.1, 0.15) is 26.2 Å². The predicted octanol–water partition coefficient (Wildman–Crippen LogP) is 1.60. The second-order valence-electron chi connectivity index (χ2n) is 5.29. The average molecular weight is 312 g/mol. The monoisotopic (exact) mass is 312 g/mol. The van der Waals surface area contributed by atoms with Crippen molar-refractivity contribution in [2.75, 3.05) is 26.2 Å². The van der Waals surface area contributed by atoms with Crippen molar-refractivity contribution in [1.82, 2.24) is 10.2 Å². The summed E-state index contributed by atoms with van der Waals surface area (Å²) in [6.07, 6.45) is -4.78. The Morgan fingerprint density at radius 3 is 2.48 bits per heavy atom. The van der Waals surface area contributed by atoms with E-state index in [-0.39, 0.29) is 38.5 Å². The Morgan fingerprint density at radius 2 is 1.95 bits per heavy atom. The molecule has 0 aromatic rings. The van der Waals surface area contributed by atoms with Crippen LogP contribution in [0.2, 0.25) is 0 Å². The van der Waals surface area contributed by atoms with Gasteiger partial charge in [0.15, 0.2) is 0 Å². The SMILES string of the molecule is CC1(OCC(=O)O)CN(C(=O)NCCCCC(F)(F)F)C1. The van der Waals surface area contributed by atoms with Gasteiger partial charge in [-0.1, -0.05) is 0 Å². The third kappa shape index (κ3) is 6.65. The van der Waals surface area contributed by atoms with E-state index in [1.807, 2.05) is 0 Å². The lowest BCUT2D eigenvalue weighted by Crippen LogP contribution is -2.65. The Hall–Kier alpha value is -1.51. The quantitative estimate of drug-likeness (QED) is 0.700. The first-order valence-electron chi connectivity index (χ1n) is 6.57. The van der Waals surface area contributed by atoms with Crippen molar-refractivity contribution >= 4 is 12.0 Å². The van der Waals surface area contributed by atoms with E-state index in [1.165, 1.54) is 4.90 Å². The van der Waals surface area contributed by atoms with E-state index in [4.69, 9.17) is 9.84 Å². The van der Waals surface area contributed by atoms with E-state index >= 15 is 0 Å². The molecule has 0 aromatic heterocycles. The van der Waals surface area contributed by atoms with Crippen molar-refractivity contribution in [3.8, 4) is 0 Å². The molecule has 1 fully saturated rings. The summed E-state index contributed by atoms with van der Waals surface area (Å²) in [4.78, 5) is 23.4. The molecule has 1 saturated heterocycles. The van der Waals surface area contributed by atoms with Crippen LogP contribution in [0.5, 0.6) is 0 Å². The number of carboxylic acids is 1. The summed E-state index contributed by atoms with van der Waals surface area (Å²) in [5.41, 5.74) is -0.675. The summed E-state index contributed by atoms with van der Waals surface area (Å²) < 4.78 is 40.8. The van der Waals surface area contributed by atoms with Crippen LogP contribution in [0.25, 0.3) is 0 Å². The summed E-state index contributed by atoms with van der Waals surface area (Å²) in [6.45, 7) is 1.97. The topological polar surface area (TPSA) is 78.9 Å². The number of halogens is 3. The number of nitrogens with zero attached hydrogens (tertiary/aromatic N) is 1. The van der Waals surface area contributed by atoms with Crippen LogP contribution >= 0.6 is 0 Å². The minimum Gasteiger partial charge on any atom is -0.480 e. The number of carboxylic acid groups (broad SMARTS) is 1. The van der Waals surface area contributed by atoms with Crippen molar-refractivity contribution in [1.29, 1.82) is 0 Å². The number of hydrogen-bond acceptors (Lipinski definition) is 3. The van der Waals surface area contributed by atoms with E-state index in [0.29, 0.717) is 0 Å². The van der Waals surface area contributed by atoms with Gasteiger partial charge in [0.1, 0.15) is 12.2 Å². The Labute approximate surface area is 120 Å². The first kappa shape index (κ1) is 17.5. The zero-order chi connectivity index (χ0) is 16.1. The van der Waals surface area contributed by atoms with Crippen LogP contribution in [0.15, 0.2) is 0 Å². The first-order chi connectivity index (χ1) is 9.61. The van der Waals surface area contributed by atoms with Gasteiger partial charge in [-0.25, -0.2) is 9.59 Å². The van der Waals surface area contributed by atoms with Gasteiger partial charge < -0.3 is 20.1 Å². The highest BCUT2D eigenvalue weighted by atomic mass is 19.4. The van der Waals surface area contributed by atoms with Crippen LogP contribution in [0.4, 0.5) is 18.0 Å². The fraction of sp³-hybridized carbons (Fsp3) is 0.833. The molecular weight excluding hydrogens is 293 g/mol. The van der Waals surface area contributed by atoms with Crippen LogP contribution < -0.4 is 5.32 Å². The lowest BCUT2D eigenvalue weighted by molar-refractivity contribution is -0.159. The highest BCUT2D eigenvalue weighted by Crippen LogP contribution is 2.24. The zero-order valence-corrected chi connectivity index (χ0v) is 11.7. The van der Waals surface area contributed by atoms with Gasteiger partial charge in [0.2, 0.25) is 0 Å². The molecule has 0 unspecified atom stereocenters. The molecule has 1 aliphatic rings. The number of amides is 2. The maximum atomic E-state index is 11.9. The first-order valence-corrected chi connectivity index (χ1v) is 6.57. The second kappa shape index (κ2) is 6.97. The van der Waals surface area contributed by atoms with Crippen LogP contribution in [0, 0.1) is 0 Å². The third-order valence-electron chi connectivity index (χ3n) is 3.05. The zero-order valence-electron chi connectivity index (χ0n) is 11.7. The lowest BCUT2D eigenvalue weighted by Gasteiger charge is -2.46. The van der Waals surface area contributed by atoms with Gasteiger partial charge in [0, 0.05) is 13.0 Å². The molecule has 1 heterocycles. The summed E-state index contributed by atoms with van der Waals surface area (Å²) in [6, 6.07) is -0.376. The molecule has 122 valence electrons. The second-order valence-corrected chi connectivity index (χ2v) is 5.29. The van der Waals surface area contributed by atoms with Gasteiger partial charge in [-0.2, -0.15) is 13.2 Å². The molecule has 0 bridgehead atoms. The summed E-state index contributed by atoms with van der Waals surface area (Å²) in [7, 11) is 0. The van der Waals surface area contributed by atoms with E-state index in [9.17, 15) is 22.8 Å². The number of carbonyl (C=O) groups is 2. The third-order valence-corrected chi connectivity index (χ3v) is 3.05. The summed E-state index contributed by atoms with van der Waals surface area (Å²) in [5.74, 6) is -1.08. The molecule has 1 aliphatic heterocycles. The summed E-state index contributed by atoms with van der Waals surface area (Å²) in [5, 5.41) is 11.0. The number of alkyl halides is 3. The van der Waals surface area contributed by atoms with Crippen LogP contribution in [-0.2, 0) is 9.53 Å². The van der Waals surface area contributed by atoms with Gasteiger partial charge >= 0.3 is 18.2 Å². The van der Waals surface area contributed by atoms with Gasteiger partial charge in [-0.3, -0.25) is 0 Å². The van der Waals surface area contributed by atoms with Crippen LogP contribution in [-0.4, -0.2) is 60.0 Å². The molecule has 0 aromatic carbocycles. The van der Waals surface area contributed by atoms with Gasteiger partial charge in [0.05, 0.1) is 13.1 Å². The Bertz CT molecular complexity index is 381. The number of urea groups is 1. The van der Waals surface area contributed by atoms with E-state index < -0.39 is 30.8 Å². The van der Waals surface area contributed by atoms with Crippen molar-refractivity contribution in [3.63, 3.8) is 0 Å². The largest absolute Gasteiger partial charge is 0.480 e. The molecule has 0 aliphatic carbocycles. The summed E-state index contributed by atoms with van der Waals surface area (Å²) >= 11 is 0. The molecule has 6 nitrogen and oxygen atoms in total. The molecule has 2 N–H and O–H groups in total. The number of likely N-dealkylation sites (tertiary alicyclic amines) is 1. The molecular formula is C12H19F3N2O4. The minimum absolute atomic E-state index is 0.0246. The molecule has 0 atom stereocenters. The number of carbonyl (C=O) groups excluding carboxylic acids is 1. The van der Waals surface area contributed by atoms with Crippen molar-refractivity contribution in [2.24, 2.45) is 0 Å². The van der Waals surface area contributed by atoms with E-state index in [1.54, 1.807) is 6.92 Å². The molecule has 0 saturated carbocycles. The van der Waals surface area contributed by atoms with Crippen LogP contribution in [0.3, 0.4) is 0 Å². The molecule has 21 heavy (non-hydrogen) atoms. The number of aliphatic carboxylic acids is 1. The van der Waals surface area contributed by atoms with E-state index in [0.717, 1.165) is 0 Å². The number of nitrogens with one attached hydrogen (secondary N) is 1. The number of unbranched alkanes of at least 4 members (excludes halogenated alkanes) is 1. The molecule has 0 radical (unpaired) electrons. The normalized spacial score (nSPS) is 17.2.